The van der Waals surface area contributed by atoms with Crippen molar-refractivity contribution in [1.29, 1.82) is 0 Å². The molecule has 0 amide bonds. The van der Waals surface area contributed by atoms with Gasteiger partial charge in [-0.1, -0.05) is 70.7 Å². The maximum Gasteiger partial charge on any atom is 4.00 e. The number of carbonyl (C=O) groups excluding carboxylic acids is 4. The smallest absolute Gasteiger partial charge is 0.545 e. The second-order valence-corrected chi connectivity index (χ2v) is 10.2. The van der Waals surface area contributed by atoms with Gasteiger partial charge in [0.2, 0.25) is 0 Å². The first-order chi connectivity index (χ1) is 22.7. The van der Waals surface area contributed by atoms with Crippen molar-refractivity contribution in [1.82, 2.24) is 0 Å². The molecule has 0 saturated heterocycles. The summed E-state index contributed by atoms with van der Waals surface area (Å²) in [6.45, 7) is 0. The van der Waals surface area contributed by atoms with Gasteiger partial charge in [-0.3, -0.25) is 0 Å². The van der Waals surface area contributed by atoms with Crippen LogP contribution >= 0.6 is 93.9 Å². The number of hydrogen-bond donors (Lipinski definition) is 0. The van der Waals surface area contributed by atoms with Crippen LogP contribution in [0.15, 0.2) is 72.8 Å². The molecular formula is C28H12Cl8O12Zr. The van der Waals surface area contributed by atoms with Crippen LogP contribution < -0.4 is 37.6 Å². The summed E-state index contributed by atoms with van der Waals surface area (Å²) in [7, 11) is 0. The molecule has 0 unspecified atom stereocenters. The first-order valence-electron chi connectivity index (χ1n) is 11.8. The van der Waals surface area contributed by atoms with Crippen molar-refractivity contribution in [3.05, 3.63) is 115 Å². The summed E-state index contributed by atoms with van der Waals surface area (Å²) >= 11 is 42.3. The average Bonchev–Trinajstić information content (AvgIpc) is 3.04. The fraction of sp³-hybridized carbons (Fsp3) is 0. The molecule has 4 rings (SSSR count). The minimum Gasteiger partial charge on any atom is -0.545 e. The Labute approximate surface area is 336 Å². The molecule has 49 heavy (non-hydrogen) atoms. The van der Waals surface area contributed by atoms with E-state index in [9.17, 15) is 39.6 Å². The number of benzene rings is 4. The van der Waals surface area contributed by atoms with Crippen molar-refractivity contribution in [2.75, 3.05) is 0 Å². The third-order valence-electron chi connectivity index (χ3n) is 5.06. The fourth-order valence-corrected chi connectivity index (χ4v) is 4.67. The van der Waals surface area contributed by atoms with Crippen LogP contribution in [0.25, 0.3) is 0 Å². The Morgan fingerprint density at radius 1 is 0.388 bits per heavy atom. The Hall–Kier alpha value is -2.84. The van der Waals surface area contributed by atoms with Crippen LogP contribution in [-0.4, -0.2) is 23.9 Å². The molecule has 0 saturated carbocycles. The van der Waals surface area contributed by atoms with Crippen LogP contribution in [0.1, 0.15) is 41.4 Å². The molecule has 0 N–H and O–H groups in total. The van der Waals surface area contributed by atoms with E-state index in [1.54, 1.807) is 0 Å². The van der Waals surface area contributed by atoms with Crippen molar-refractivity contribution in [3.8, 4) is 23.0 Å². The van der Waals surface area contributed by atoms with E-state index >= 15 is 0 Å². The SMILES string of the molecule is O=C([O-])c1cccc(Cl)c1OCl.O=C([O-])c1cccc(Cl)c1OCl.O=C([O-])c1cccc(Cl)c1OCl.O=C([O-])c1cccc(Cl)c1OCl.[Zr+4]. The fourth-order valence-electron chi connectivity index (χ4n) is 2.99. The molecule has 0 aromatic heterocycles. The van der Waals surface area contributed by atoms with Crippen LogP contribution in [0, 0.1) is 0 Å². The van der Waals surface area contributed by atoms with Gasteiger partial charge in [-0.25, -0.2) is 0 Å². The third-order valence-corrected chi connectivity index (χ3v) is 6.86. The van der Waals surface area contributed by atoms with Gasteiger partial charge in [0, 0.05) is 22.3 Å². The first-order valence-corrected chi connectivity index (χ1v) is 14.5. The van der Waals surface area contributed by atoms with E-state index in [-0.39, 0.29) is 91.5 Å². The van der Waals surface area contributed by atoms with Gasteiger partial charge in [-0.15, -0.1) is 0 Å². The summed E-state index contributed by atoms with van der Waals surface area (Å²) in [6, 6.07) is 16.9. The summed E-state index contributed by atoms with van der Waals surface area (Å²) < 4.78 is 17.0. The zero-order valence-electron chi connectivity index (χ0n) is 23.4. The summed E-state index contributed by atoms with van der Waals surface area (Å²) in [5.74, 6) is -5.91. The van der Waals surface area contributed by atoms with Crippen molar-refractivity contribution in [3.63, 3.8) is 0 Å². The predicted molar refractivity (Wildman–Crippen MR) is 169 cm³/mol. The molecule has 0 heterocycles. The zero-order chi connectivity index (χ0) is 36.6. The molecule has 0 aliphatic heterocycles. The first kappa shape index (κ1) is 46.2. The van der Waals surface area contributed by atoms with Gasteiger partial charge < -0.3 is 56.8 Å². The van der Waals surface area contributed by atoms with Crippen LogP contribution in [0.5, 0.6) is 23.0 Å². The molecule has 0 fully saturated rings. The standard InChI is InChI=1S/4C7H4Cl2O3.Zr/c4*8-5-3-1-2-4(7(10)11)6(5)12-9;/h4*1-3H,(H,10,11);/q;;;;+4/p-4. The summed E-state index contributed by atoms with van der Waals surface area (Å²) in [5, 5.41) is 42.2. The summed E-state index contributed by atoms with van der Waals surface area (Å²) in [4.78, 5) is 41.7. The molecule has 0 aliphatic carbocycles. The van der Waals surface area contributed by atoms with Gasteiger partial charge in [0.05, 0.1) is 44.0 Å². The van der Waals surface area contributed by atoms with Crippen LogP contribution in [0.4, 0.5) is 0 Å². The molecule has 21 heteroatoms. The molecular weight excluding hydrogens is 903 g/mol. The number of halogens is 8. The molecule has 12 nitrogen and oxygen atoms in total. The molecule has 0 bridgehead atoms. The Morgan fingerprint density at radius 2 is 0.551 bits per heavy atom. The normalized spacial score (nSPS) is 9.31. The van der Waals surface area contributed by atoms with Crippen LogP contribution in [0.2, 0.25) is 20.1 Å². The Balaban J connectivity index is 0.000000623. The maximum atomic E-state index is 10.4. The Morgan fingerprint density at radius 3 is 0.653 bits per heavy atom. The third kappa shape index (κ3) is 14.1. The summed E-state index contributed by atoms with van der Waals surface area (Å²) in [5.41, 5.74) is -0.676. The number of carboxylic acid groups (broad SMARTS) is 4. The molecule has 0 aliphatic rings. The minimum absolute atomic E-state index is 0. The van der Waals surface area contributed by atoms with E-state index < -0.39 is 23.9 Å². The number of hydrogen-bond acceptors (Lipinski definition) is 12. The molecule has 4 aromatic carbocycles. The maximum absolute atomic E-state index is 10.4. The zero-order valence-corrected chi connectivity index (χ0v) is 31.9. The predicted octanol–water partition coefficient (Wildman–Crippen LogP) is 4.94. The van der Waals surface area contributed by atoms with Crippen molar-refractivity contribution >= 4 is 118 Å². The number of aromatic carboxylic acids is 4. The van der Waals surface area contributed by atoms with Gasteiger partial charge in [-0.2, -0.15) is 0 Å². The van der Waals surface area contributed by atoms with Gasteiger partial charge >= 0.3 is 26.2 Å². The van der Waals surface area contributed by atoms with Crippen molar-refractivity contribution < 1.29 is 83.0 Å². The van der Waals surface area contributed by atoms with Gasteiger partial charge in [0.1, 0.15) is 47.5 Å². The number of carbonyl (C=O) groups is 4. The van der Waals surface area contributed by atoms with Gasteiger partial charge in [0.25, 0.3) is 0 Å². The minimum atomic E-state index is -1.38. The van der Waals surface area contributed by atoms with Crippen LogP contribution in [0.3, 0.4) is 0 Å². The van der Waals surface area contributed by atoms with E-state index in [0.29, 0.717) is 0 Å². The Kier molecular flexibility index (Phi) is 22.2. The average molecular weight is 915 g/mol. The van der Waals surface area contributed by atoms with E-state index in [2.05, 4.69) is 17.2 Å². The molecule has 0 atom stereocenters. The molecule has 0 radical (unpaired) electrons. The largest absolute Gasteiger partial charge is 4.00 e. The monoisotopic (exact) mass is 910 g/mol. The van der Waals surface area contributed by atoms with Gasteiger partial charge in [0.15, 0.2) is 23.0 Å². The topological polar surface area (TPSA) is 197 Å². The quantitative estimate of drug-likeness (QED) is 0.231. The Bertz CT molecular complexity index is 1510. The second-order valence-electron chi connectivity index (χ2n) is 7.92. The number of rotatable bonds is 8. The van der Waals surface area contributed by atoms with E-state index in [1.807, 2.05) is 0 Å². The number of para-hydroxylation sites is 4. The number of carboxylic acids is 4. The molecule has 0 spiro atoms. The van der Waals surface area contributed by atoms with E-state index in [1.165, 1.54) is 72.8 Å². The summed E-state index contributed by atoms with van der Waals surface area (Å²) in [6.07, 6.45) is 0. The van der Waals surface area contributed by atoms with E-state index in [4.69, 9.17) is 93.9 Å². The molecule has 256 valence electrons. The van der Waals surface area contributed by atoms with Crippen LogP contribution in [-0.2, 0) is 26.2 Å². The van der Waals surface area contributed by atoms with Gasteiger partial charge in [-0.05, 0) is 48.5 Å². The van der Waals surface area contributed by atoms with E-state index in [0.717, 1.165) is 0 Å². The molecule has 4 aromatic rings. The van der Waals surface area contributed by atoms with Crippen molar-refractivity contribution in [2.24, 2.45) is 0 Å². The second kappa shape index (κ2) is 23.5. The van der Waals surface area contributed by atoms with Crippen molar-refractivity contribution in [2.45, 2.75) is 0 Å².